The SMILES string of the molecule is C=C1C(=O)O[C@H]2[C@H]1[C@H](OC(=O)/C(C)=C/C)[C@H](OC(C)=O)/C(C(=O)OC)=C\CC[C@@]1(C)O[C@@H]21. The molecule has 0 saturated carbocycles. The van der Waals surface area contributed by atoms with Gasteiger partial charge in [-0.1, -0.05) is 18.7 Å². The Morgan fingerprint density at radius 2 is 1.94 bits per heavy atom. The van der Waals surface area contributed by atoms with Crippen LogP contribution in [-0.4, -0.2) is 61.0 Å². The van der Waals surface area contributed by atoms with Gasteiger partial charge in [-0.2, -0.15) is 0 Å². The predicted octanol–water partition coefficient (Wildman–Crippen LogP) is 1.94. The summed E-state index contributed by atoms with van der Waals surface area (Å²) in [6.45, 7) is 10.1. The smallest absolute Gasteiger partial charge is 0.337 e. The van der Waals surface area contributed by atoms with Gasteiger partial charge in [-0.3, -0.25) is 4.79 Å². The van der Waals surface area contributed by atoms with E-state index in [1.165, 1.54) is 14.0 Å². The summed E-state index contributed by atoms with van der Waals surface area (Å²) < 4.78 is 27.6. The summed E-state index contributed by atoms with van der Waals surface area (Å²) >= 11 is 0. The molecule has 2 fully saturated rings. The van der Waals surface area contributed by atoms with Crippen LogP contribution in [0, 0.1) is 5.92 Å². The highest BCUT2D eigenvalue weighted by Crippen LogP contribution is 2.50. The van der Waals surface area contributed by atoms with Crippen LogP contribution in [0.5, 0.6) is 0 Å². The molecule has 32 heavy (non-hydrogen) atoms. The van der Waals surface area contributed by atoms with Crippen LogP contribution in [0.1, 0.15) is 40.5 Å². The molecule has 2 aliphatic heterocycles. The number of carbonyl (C=O) groups is 4. The van der Waals surface area contributed by atoms with E-state index in [-0.39, 0.29) is 11.1 Å². The fraction of sp³-hybridized carbons (Fsp3) is 0.565. The highest BCUT2D eigenvalue weighted by molar-refractivity contribution is 5.93. The van der Waals surface area contributed by atoms with Crippen molar-refractivity contribution < 1.29 is 42.9 Å². The average Bonchev–Trinajstić information content (AvgIpc) is 3.33. The lowest BCUT2D eigenvalue weighted by Gasteiger charge is -2.33. The number of methoxy groups -OCH3 is 1. The summed E-state index contributed by atoms with van der Waals surface area (Å²) in [5, 5.41) is 0. The second-order valence-electron chi connectivity index (χ2n) is 8.33. The first-order valence-corrected chi connectivity index (χ1v) is 10.4. The molecular weight excluding hydrogens is 420 g/mol. The summed E-state index contributed by atoms with van der Waals surface area (Å²) in [6.07, 6.45) is 0.190. The Kier molecular flexibility index (Phi) is 6.59. The van der Waals surface area contributed by atoms with Gasteiger partial charge in [0.15, 0.2) is 12.2 Å². The van der Waals surface area contributed by atoms with Crippen molar-refractivity contribution >= 4 is 23.9 Å². The molecule has 0 radical (unpaired) electrons. The zero-order valence-electron chi connectivity index (χ0n) is 18.8. The van der Waals surface area contributed by atoms with Crippen LogP contribution in [-0.2, 0) is 42.9 Å². The number of hydrogen-bond acceptors (Lipinski definition) is 9. The van der Waals surface area contributed by atoms with Crippen LogP contribution >= 0.6 is 0 Å². The second-order valence-corrected chi connectivity index (χ2v) is 8.33. The molecule has 0 bridgehead atoms. The van der Waals surface area contributed by atoms with E-state index in [9.17, 15) is 19.2 Å². The standard InChI is InChI=1S/C23H28O9/c1-7-11(2)20(25)30-17-15-12(3)21(26)31-18(15)19-23(5,32-19)10-8-9-14(22(27)28-6)16(17)29-13(4)24/h7,9,15-19H,3,8,10H2,1-2,4-6H3/b11-7+,14-9+/t15-,16-,17+,18+,19+,23-/m1/s1. The Morgan fingerprint density at radius 3 is 2.53 bits per heavy atom. The van der Waals surface area contributed by atoms with E-state index in [2.05, 4.69) is 6.58 Å². The van der Waals surface area contributed by atoms with Gasteiger partial charge >= 0.3 is 23.9 Å². The number of esters is 4. The van der Waals surface area contributed by atoms with E-state index in [0.29, 0.717) is 18.4 Å². The van der Waals surface area contributed by atoms with Crippen LogP contribution in [0.25, 0.3) is 0 Å². The van der Waals surface area contributed by atoms with Gasteiger partial charge in [0.25, 0.3) is 0 Å². The number of fused-ring (bicyclic) bond motifs is 3. The van der Waals surface area contributed by atoms with Crippen LogP contribution in [0.3, 0.4) is 0 Å². The molecule has 0 aromatic carbocycles. The molecule has 0 N–H and O–H groups in total. The Morgan fingerprint density at radius 1 is 1.25 bits per heavy atom. The zero-order valence-corrected chi connectivity index (χ0v) is 18.8. The number of hydrogen-bond donors (Lipinski definition) is 0. The Hall–Kier alpha value is -2.94. The molecule has 174 valence electrons. The summed E-state index contributed by atoms with van der Waals surface area (Å²) in [5.41, 5.74) is -0.238. The minimum atomic E-state index is -1.34. The lowest BCUT2D eigenvalue weighted by Crippen LogP contribution is -2.48. The van der Waals surface area contributed by atoms with E-state index >= 15 is 0 Å². The number of ether oxygens (including phenoxy) is 5. The lowest BCUT2D eigenvalue weighted by molar-refractivity contribution is -0.168. The second kappa shape index (κ2) is 8.90. The molecule has 0 aromatic heterocycles. The number of rotatable bonds is 4. The molecule has 0 spiro atoms. The minimum Gasteiger partial charge on any atom is -0.466 e. The van der Waals surface area contributed by atoms with E-state index < -0.39 is 59.8 Å². The van der Waals surface area contributed by atoms with Crippen molar-refractivity contribution in [3.8, 4) is 0 Å². The Balaban J connectivity index is 2.17. The molecule has 1 aliphatic carbocycles. The lowest BCUT2D eigenvalue weighted by atomic mass is 9.80. The van der Waals surface area contributed by atoms with Crippen molar-refractivity contribution in [2.75, 3.05) is 7.11 Å². The third-order valence-corrected chi connectivity index (χ3v) is 6.18. The third-order valence-electron chi connectivity index (χ3n) is 6.18. The Bertz CT molecular complexity index is 914. The van der Waals surface area contributed by atoms with Crippen LogP contribution in [0.15, 0.2) is 35.5 Å². The number of allylic oxidation sites excluding steroid dienone is 2. The van der Waals surface area contributed by atoms with Gasteiger partial charge in [0.1, 0.15) is 12.2 Å². The van der Waals surface area contributed by atoms with Gasteiger partial charge in [-0.15, -0.1) is 0 Å². The van der Waals surface area contributed by atoms with Crippen molar-refractivity contribution in [2.24, 2.45) is 5.92 Å². The van der Waals surface area contributed by atoms with Gasteiger partial charge in [0, 0.05) is 18.1 Å². The maximum absolute atomic E-state index is 12.8. The monoisotopic (exact) mass is 448 g/mol. The summed E-state index contributed by atoms with van der Waals surface area (Å²) in [7, 11) is 1.20. The van der Waals surface area contributed by atoms with Crippen LogP contribution < -0.4 is 0 Å². The average molecular weight is 448 g/mol. The highest BCUT2D eigenvalue weighted by atomic mass is 16.7. The van der Waals surface area contributed by atoms with E-state index in [1.54, 1.807) is 26.0 Å². The topological polar surface area (TPSA) is 118 Å². The zero-order chi connectivity index (χ0) is 23.8. The maximum Gasteiger partial charge on any atom is 0.337 e. The molecule has 3 rings (SSSR count). The van der Waals surface area contributed by atoms with Gasteiger partial charge in [0.05, 0.1) is 24.2 Å². The molecule has 0 unspecified atom stereocenters. The summed E-state index contributed by atoms with van der Waals surface area (Å²) in [5.74, 6) is -3.71. The van der Waals surface area contributed by atoms with Gasteiger partial charge < -0.3 is 23.7 Å². The third kappa shape index (κ3) is 4.34. The van der Waals surface area contributed by atoms with Crippen molar-refractivity contribution in [1.82, 2.24) is 0 Å². The van der Waals surface area contributed by atoms with Crippen molar-refractivity contribution in [3.05, 3.63) is 35.5 Å². The van der Waals surface area contributed by atoms with Crippen LogP contribution in [0.2, 0.25) is 0 Å². The first-order valence-electron chi connectivity index (χ1n) is 10.4. The van der Waals surface area contributed by atoms with Crippen molar-refractivity contribution in [3.63, 3.8) is 0 Å². The molecule has 9 nitrogen and oxygen atoms in total. The molecule has 9 heteroatoms. The molecule has 0 amide bonds. The first-order chi connectivity index (χ1) is 15.0. The summed E-state index contributed by atoms with van der Waals surface area (Å²) in [4.78, 5) is 49.9. The van der Waals surface area contributed by atoms with Crippen molar-refractivity contribution in [1.29, 1.82) is 0 Å². The normalized spacial score (nSPS) is 36.0. The summed E-state index contributed by atoms with van der Waals surface area (Å²) in [6, 6.07) is 0. The minimum absolute atomic E-state index is 0.00669. The quantitative estimate of drug-likeness (QED) is 0.275. The molecule has 2 saturated heterocycles. The first kappa shape index (κ1) is 23.7. The number of carbonyl (C=O) groups excluding carboxylic acids is 4. The van der Waals surface area contributed by atoms with Crippen LogP contribution in [0.4, 0.5) is 0 Å². The molecule has 3 aliphatic rings. The van der Waals surface area contributed by atoms with Crippen molar-refractivity contribution in [2.45, 2.75) is 70.6 Å². The fourth-order valence-corrected chi connectivity index (χ4v) is 4.21. The van der Waals surface area contributed by atoms with Gasteiger partial charge in [-0.05, 0) is 33.6 Å². The van der Waals surface area contributed by atoms with E-state index in [1.807, 2.05) is 6.92 Å². The fourth-order valence-electron chi connectivity index (χ4n) is 4.21. The molecule has 2 heterocycles. The van der Waals surface area contributed by atoms with Gasteiger partial charge in [-0.25, -0.2) is 14.4 Å². The predicted molar refractivity (Wildman–Crippen MR) is 110 cm³/mol. The molecule has 0 aromatic rings. The Labute approximate surface area is 186 Å². The van der Waals surface area contributed by atoms with Gasteiger partial charge in [0.2, 0.25) is 0 Å². The largest absolute Gasteiger partial charge is 0.466 e. The molecule has 6 atom stereocenters. The molecular formula is C23H28O9. The maximum atomic E-state index is 12.8. The van der Waals surface area contributed by atoms with E-state index in [4.69, 9.17) is 23.7 Å². The highest BCUT2D eigenvalue weighted by Gasteiger charge is 2.64. The van der Waals surface area contributed by atoms with E-state index in [0.717, 1.165) is 0 Å². The number of epoxide rings is 1.